The fourth-order valence-corrected chi connectivity index (χ4v) is 3.13. The summed E-state index contributed by atoms with van der Waals surface area (Å²) in [6.45, 7) is 5.96. The summed E-state index contributed by atoms with van der Waals surface area (Å²) in [5.41, 5.74) is 3.31. The van der Waals surface area contributed by atoms with Gasteiger partial charge >= 0.3 is 0 Å². The molecule has 1 unspecified atom stereocenters. The largest absolute Gasteiger partial charge is 0.481 e. The first kappa shape index (κ1) is 18.1. The van der Waals surface area contributed by atoms with E-state index in [1.807, 2.05) is 69.3 Å². The highest BCUT2D eigenvalue weighted by molar-refractivity contribution is 7.18. The molecule has 0 fully saturated rings. The molecule has 0 aliphatic heterocycles. The Morgan fingerprint density at radius 2 is 1.65 bits per heavy atom. The Labute approximate surface area is 157 Å². The summed E-state index contributed by atoms with van der Waals surface area (Å²) in [5, 5.41) is 12.3. The maximum atomic E-state index is 12.5. The maximum absolute atomic E-state index is 12.5. The van der Waals surface area contributed by atoms with E-state index >= 15 is 0 Å². The van der Waals surface area contributed by atoms with Gasteiger partial charge in [0.15, 0.2) is 6.10 Å². The summed E-state index contributed by atoms with van der Waals surface area (Å²) < 4.78 is 5.80. The zero-order valence-electron chi connectivity index (χ0n) is 15.0. The second-order valence-electron chi connectivity index (χ2n) is 6.10. The van der Waals surface area contributed by atoms with E-state index in [0.29, 0.717) is 17.3 Å². The van der Waals surface area contributed by atoms with Crippen molar-refractivity contribution in [3.8, 4) is 16.3 Å². The Kier molecular flexibility index (Phi) is 5.63. The van der Waals surface area contributed by atoms with E-state index in [4.69, 9.17) is 4.74 Å². The number of nitrogens with zero attached hydrogens (tertiary/aromatic N) is 2. The molecule has 3 rings (SSSR count). The highest BCUT2D eigenvalue weighted by Gasteiger charge is 2.20. The van der Waals surface area contributed by atoms with Gasteiger partial charge in [0.2, 0.25) is 5.13 Å². The lowest BCUT2D eigenvalue weighted by molar-refractivity contribution is -0.122. The molecule has 1 atom stereocenters. The second kappa shape index (κ2) is 8.10. The first-order valence-electron chi connectivity index (χ1n) is 8.50. The predicted molar refractivity (Wildman–Crippen MR) is 105 cm³/mol. The molecular formula is C20H21N3O2S. The average molecular weight is 367 g/mol. The van der Waals surface area contributed by atoms with Crippen molar-refractivity contribution in [2.24, 2.45) is 0 Å². The summed E-state index contributed by atoms with van der Waals surface area (Å²) in [6, 6.07) is 15.7. The SMILES string of the molecule is CCC(Oc1ccc(C)cc1)C(=O)Nc1nnc(-c2ccc(C)cc2)s1. The van der Waals surface area contributed by atoms with Crippen molar-refractivity contribution >= 4 is 22.4 Å². The molecule has 5 nitrogen and oxygen atoms in total. The normalized spacial score (nSPS) is 11.8. The molecule has 0 bridgehead atoms. The van der Waals surface area contributed by atoms with Gasteiger partial charge in [0.25, 0.3) is 5.91 Å². The molecular weight excluding hydrogens is 346 g/mol. The molecule has 1 aromatic heterocycles. The van der Waals surface area contributed by atoms with E-state index in [1.54, 1.807) is 0 Å². The Balaban J connectivity index is 1.66. The van der Waals surface area contributed by atoms with E-state index in [0.717, 1.165) is 16.1 Å². The third kappa shape index (κ3) is 4.46. The van der Waals surface area contributed by atoms with Gasteiger partial charge in [0, 0.05) is 5.56 Å². The van der Waals surface area contributed by atoms with Gasteiger partial charge in [-0.1, -0.05) is 65.8 Å². The molecule has 6 heteroatoms. The summed E-state index contributed by atoms with van der Waals surface area (Å²) in [4.78, 5) is 12.5. The number of nitrogens with one attached hydrogen (secondary N) is 1. The van der Waals surface area contributed by atoms with Crippen LogP contribution in [0.2, 0.25) is 0 Å². The molecule has 26 heavy (non-hydrogen) atoms. The molecule has 1 amide bonds. The number of anilines is 1. The zero-order chi connectivity index (χ0) is 18.5. The van der Waals surface area contributed by atoms with Crippen molar-refractivity contribution < 1.29 is 9.53 Å². The van der Waals surface area contributed by atoms with Gasteiger partial charge in [-0.3, -0.25) is 10.1 Å². The molecule has 0 saturated carbocycles. The van der Waals surface area contributed by atoms with E-state index in [2.05, 4.69) is 15.5 Å². The van der Waals surface area contributed by atoms with Crippen molar-refractivity contribution in [1.82, 2.24) is 10.2 Å². The van der Waals surface area contributed by atoms with Crippen LogP contribution in [0.15, 0.2) is 48.5 Å². The van der Waals surface area contributed by atoms with Crippen molar-refractivity contribution in [3.63, 3.8) is 0 Å². The molecule has 0 radical (unpaired) electrons. The number of rotatable bonds is 6. The van der Waals surface area contributed by atoms with Crippen LogP contribution in [-0.2, 0) is 4.79 Å². The standard InChI is InChI=1S/C20H21N3O2S/c1-4-17(25-16-11-7-14(3)8-12-16)18(24)21-20-23-22-19(26-20)15-9-5-13(2)6-10-15/h5-12,17H,4H2,1-3H3,(H,21,23,24). The molecule has 0 saturated heterocycles. The van der Waals surface area contributed by atoms with Crippen LogP contribution in [0.3, 0.4) is 0 Å². The lowest BCUT2D eigenvalue weighted by Crippen LogP contribution is -2.32. The van der Waals surface area contributed by atoms with Crippen LogP contribution in [-0.4, -0.2) is 22.2 Å². The highest BCUT2D eigenvalue weighted by atomic mass is 32.1. The van der Waals surface area contributed by atoms with Crippen LogP contribution in [0.4, 0.5) is 5.13 Å². The molecule has 0 spiro atoms. The number of carbonyl (C=O) groups excluding carboxylic acids is 1. The van der Waals surface area contributed by atoms with Gasteiger partial charge in [0.1, 0.15) is 10.8 Å². The molecule has 1 heterocycles. The average Bonchev–Trinajstić information content (AvgIpc) is 3.10. The van der Waals surface area contributed by atoms with Crippen molar-refractivity contribution in [1.29, 1.82) is 0 Å². The quantitative estimate of drug-likeness (QED) is 0.690. The van der Waals surface area contributed by atoms with Gasteiger partial charge in [-0.15, -0.1) is 10.2 Å². The summed E-state index contributed by atoms with van der Waals surface area (Å²) in [7, 11) is 0. The first-order chi connectivity index (χ1) is 12.5. The minimum atomic E-state index is -0.579. The van der Waals surface area contributed by atoms with E-state index in [-0.39, 0.29) is 5.91 Å². The van der Waals surface area contributed by atoms with Crippen LogP contribution in [0.25, 0.3) is 10.6 Å². The van der Waals surface area contributed by atoms with Gasteiger partial charge in [-0.2, -0.15) is 0 Å². The molecule has 0 aliphatic rings. The van der Waals surface area contributed by atoms with Crippen LogP contribution in [0.5, 0.6) is 5.75 Å². The van der Waals surface area contributed by atoms with Gasteiger partial charge in [0.05, 0.1) is 0 Å². The molecule has 1 N–H and O–H groups in total. The first-order valence-corrected chi connectivity index (χ1v) is 9.31. The second-order valence-corrected chi connectivity index (χ2v) is 7.07. The molecule has 0 aliphatic carbocycles. The summed E-state index contributed by atoms with van der Waals surface area (Å²) in [5.74, 6) is 0.454. The Morgan fingerprint density at radius 1 is 1.04 bits per heavy atom. The molecule has 2 aromatic carbocycles. The Hall–Kier alpha value is -2.73. The Bertz CT molecular complexity index is 873. The van der Waals surface area contributed by atoms with E-state index in [9.17, 15) is 4.79 Å². The van der Waals surface area contributed by atoms with Crippen LogP contribution < -0.4 is 10.1 Å². The monoisotopic (exact) mass is 367 g/mol. The van der Waals surface area contributed by atoms with Crippen molar-refractivity contribution in [3.05, 3.63) is 59.7 Å². The molecule has 3 aromatic rings. The smallest absolute Gasteiger partial charge is 0.267 e. The number of hydrogen-bond donors (Lipinski definition) is 1. The third-order valence-corrected chi connectivity index (χ3v) is 4.80. The number of carbonyl (C=O) groups is 1. The Morgan fingerprint density at radius 3 is 2.27 bits per heavy atom. The van der Waals surface area contributed by atoms with Crippen LogP contribution in [0.1, 0.15) is 24.5 Å². The van der Waals surface area contributed by atoms with E-state index < -0.39 is 6.10 Å². The maximum Gasteiger partial charge on any atom is 0.267 e. The number of aryl methyl sites for hydroxylation is 2. The van der Waals surface area contributed by atoms with Crippen molar-refractivity contribution in [2.45, 2.75) is 33.3 Å². The predicted octanol–water partition coefficient (Wildman–Crippen LogP) is 4.62. The number of aromatic nitrogens is 2. The van der Waals surface area contributed by atoms with Gasteiger partial charge in [-0.05, 0) is 32.4 Å². The fourth-order valence-electron chi connectivity index (χ4n) is 2.38. The summed E-state index contributed by atoms with van der Waals surface area (Å²) in [6.07, 6.45) is -0.0204. The summed E-state index contributed by atoms with van der Waals surface area (Å²) >= 11 is 1.35. The number of hydrogen-bond acceptors (Lipinski definition) is 5. The number of ether oxygens (including phenoxy) is 1. The minimum absolute atomic E-state index is 0.223. The minimum Gasteiger partial charge on any atom is -0.481 e. The number of benzene rings is 2. The lowest BCUT2D eigenvalue weighted by atomic mass is 10.2. The fraction of sp³-hybridized carbons (Fsp3) is 0.250. The van der Waals surface area contributed by atoms with Gasteiger partial charge in [-0.25, -0.2) is 0 Å². The van der Waals surface area contributed by atoms with Gasteiger partial charge < -0.3 is 4.74 Å². The lowest BCUT2D eigenvalue weighted by Gasteiger charge is -2.16. The third-order valence-electron chi connectivity index (χ3n) is 3.92. The van der Waals surface area contributed by atoms with Crippen LogP contribution in [0, 0.1) is 13.8 Å². The van der Waals surface area contributed by atoms with Crippen LogP contribution >= 0.6 is 11.3 Å². The highest BCUT2D eigenvalue weighted by Crippen LogP contribution is 2.26. The topological polar surface area (TPSA) is 64.1 Å². The zero-order valence-corrected chi connectivity index (χ0v) is 15.8. The molecule has 134 valence electrons. The van der Waals surface area contributed by atoms with E-state index in [1.165, 1.54) is 16.9 Å². The van der Waals surface area contributed by atoms with Crippen molar-refractivity contribution in [2.75, 3.05) is 5.32 Å². The number of amides is 1.